The summed E-state index contributed by atoms with van der Waals surface area (Å²) in [6.07, 6.45) is 0.485. The van der Waals surface area contributed by atoms with Crippen molar-refractivity contribution in [2.24, 2.45) is 0 Å². The Hall–Kier alpha value is -2.25. The summed E-state index contributed by atoms with van der Waals surface area (Å²) in [5.74, 6) is -0.215. The normalized spacial score (nSPS) is 12.6. The summed E-state index contributed by atoms with van der Waals surface area (Å²) >= 11 is 1.56. The number of methoxy groups -OCH3 is 1. The number of rotatable bonds is 6. The van der Waals surface area contributed by atoms with E-state index in [2.05, 4.69) is 10.4 Å². The fraction of sp³-hybridized carbons (Fsp3) is 0.389. The lowest BCUT2D eigenvalue weighted by Crippen LogP contribution is -2.39. The van der Waals surface area contributed by atoms with Crippen LogP contribution in [0.3, 0.4) is 0 Å². The van der Waals surface area contributed by atoms with E-state index in [1.807, 2.05) is 38.1 Å². The van der Waals surface area contributed by atoms with Crippen molar-refractivity contribution in [3.05, 3.63) is 40.3 Å². The molecule has 0 aliphatic heterocycles. The summed E-state index contributed by atoms with van der Waals surface area (Å²) in [7, 11) is 1.58. The number of nitrogens with one attached hydrogen (secondary N) is 1. The van der Waals surface area contributed by atoms with Gasteiger partial charge in [0.05, 0.1) is 22.4 Å². The van der Waals surface area contributed by atoms with E-state index >= 15 is 0 Å². The summed E-state index contributed by atoms with van der Waals surface area (Å²) in [6.45, 7) is 4.59. The third-order valence-corrected chi connectivity index (χ3v) is 5.47. The molecule has 0 saturated heterocycles. The van der Waals surface area contributed by atoms with Crippen LogP contribution >= 0.6 is 11.3 Å². The van der Waals surface area contributed by atoms with Crippen LogP contribution in [-0.2, 0) is 9.53 Å². The quantitative estimate of drug-likeness (QED) is 0.687. The molecule has 0 fully saturated rings. The molecule has 1 amide bonds. The van der Waals surface area contributed by atoms with Gasteiger partial charge in [-0.25, -0.2) is 4.68 Å². The molecule has 1 atom stereocenters. The Morgan fingerprint density at radius 1 is 1.40 bits per heavy atom. The van der Waals surface area contributed by atoms with Gasteiger partial charge < -0.3 is 10.1 Å². The number of hydrogen-bond donors (Lipinski definition) is 1. The van der Waals surface area contributed by atoms with Crippen LogP contribution in [0.25, 0.3) is 20.2 Å². The highest BCUT2D eigenvalue weighted by Crippen LogP contribution is 2.33. The van der Waals surface area contributed by atoms with Crippen molar-refractivity contribution in [3.8, 4) is 0 Å². The van der Waals surface area contributed by atoms with Crippen molar-refractivity contribution in [1.29, 1.82) is 0 Å². The Bertz CT molecular complexity index is 977. The van der Waals surface area contributed by atoms with Gasteiger partial charge in [-0.15, -0.1) is 11.3 Å². The first-order chi connectivity index (χ1) is 12.1. The highest BCUT2D eigenvalue weighted by Gasteiger charge is 2.23. The maximum absolute atomic E-state index is 13.1. The van der Waals surface area contributed by atoms with Crippen molar-refractivity contribution in [3.63, 3.8) is 0 Å². The number of aryl methyl sites for hydroxylation is 1. The van der Waals surface area contributed by atoms with E-state index in [0.717, 1.165) is 20.5 Å². The molecule has 0 spiro atoms. The number of nitrogens with zero attached hydrogens (tertiary/aromatic N) is 2. The van der Waals surface area contributed by atoms with Crippen LogP contribution in [0.15, 0.2) is 29.1 Å². The number of aromatic nitrogens is 2. The predicted molar refractivity (Wildman–Crippen MR) is 100 cm³/mol. The highest BCUT2D eigenvalue weighted by atomic mass is 32.1. The molecule has 2 aromatic heterocycles. The molecule has 0 bridgehead atoms. The first-order valence-electron chi connectivity index (χ1n) is 8.25. The largest absolute Gasteiger partial charge is 0.383 e. The molecule has 0 aliphatic carbocycles. The van der Waals surface area contributed by atoms with E-state index in [1.54, 1.807) is 18.4 Å². The van der Waals surface area contributed by atoms with Gasteiger partial charge in [0.1, 0.15) is 6.04 Å². The maximum Gasteiger partial charge on any atom is 0.276 e. The Morgan fingerprint density at radius 3 is 2.88 bits per heavy atom. The second-order valence-electron chi connectivity index (χ2n) is 5.85. The van der Waals surface area contributed by atoms with E-state index in [0.29, 0.717) is 25.0 Å². The van der Waals surface area contributed by atoms with Gasteiger partial charge in [-0.1, -0.05) is 25.1 Å². The van der Waals surface area contributed by atoms with Crippen LogP contribution in [0.5, 0.6) is 0 Å². The number of carbonyl (C=O) groups is 1. The molecular weight excluding hydrogens is 338 g/mol. The first kappa shape index (κ1) is 17.6. The minimum atomic E-state index is -0.633. The molecular formula is C18H21N3O3S. The van der Waals surface area contributed by atoms with Gasteiger partial charge >= 0.3 is 0 Å². The molecule has 6 nitrogen and oxygen atoms in total. The van der Waals surface area contributed by atoms with Crippen LogP contribution in [0.2, 0.25) is 0 Å². The SMILES string of the molecule is CCC(C(=O)NCCOC)n1nc(C)c2sc3ccccc3c2c1=O. The van der Waals surface area contributed by atoms with Crippen LogP contribution in [0, 0.1) is 6.92 Å². The van der Waals surface area contributed by atoms with Gasteiger partial charge in [0.15, 0.2) is 0 Å². The smallest absolute Gasteiger partial charge is 0.276 e. The Morgan fingerprint density at radius 2 is 2.16 bits per heavy atom. The Balaban J connectivity index is 2.12. The number of carbonyl (C=O) groups excluding carboxylic acids is 1. The topological polar surface area (TPSA) is 73.2 Å². The molecule has 7 heteroatoms. The van der Waals surface area contributed by atoms with E-state index in [4.69, 9.17) is 4.74 Å². The standard InChI is InChI=1S/C18H21N3O3S/c1-4-13(17(22)19-9-10-24-3)21-18(23)15-12-7-5-6-8-14(12)25-16(15)11(2)20-21/h5-8,13H,4,9-10H2,1-3H3,(H,19,22). The Kier molecular flexibility index (Phi) is 5.15. The molecule has 3 aromatic rings. The molecule has 2 heterocycles. The van der Waals surface area contributed by atoms with Gasteiger partial charge in [-0.05, 0) is 19.4 Å². The average molecular weight is 359 g/mol. The number of benzene rings is 1. The van der Waals surface area contributed by atoms with Crippen LogP contribution < -0.4 is 10.9 Å². The number of thiophene rings is 1. The molecule has 1 aromatic carbocycles. The monoisotopic (exact) mass is 359 g/mol. The Labute approximate surface area is 149 Å². The van der Waals surface area contributed by atoms with Gasteiger partial charge in [0, 0.05) is 23.7 Å². The summed E-state index contributed by atoms with van der Waals surface area (Å²) in [5, 5.41) is 8.80. The van der Waals surface area contributed by atoms with Crippen LogP contribution in [-0.4, -0.2) is 35.9 Å². The summed E-state index contributed by atoms with van der Waals surface area (Å²) < 4.78 is 8.22. The molecule has 0 saturated carbocycles. The highest BCUT2D eigenvalue weighted by molar-refractivity contribution is 7.26. The van der Waals surface area contributed by atoms with Crippen molar-refractivity contribution in [2.45, 2.75) is 26.3 Å². The summed E-state index contributed by atoms with van der Waals surface area (Å²) in [5.41, 5.74) is 0.547. The minimum Gasteiger partial charge on any atom is -0.383 e. The maximum atomic E-state index is 13.1. The fourth-order valence-electron chi connectivity index (χ4n) is 2.95. The van der Waals surface area contributed by atoms with Gasteiger partial charge in [-0.3, -0.25) is 9.59 Å². The van der Waals surface area contributed by atoms with E-state index < -0.39 is 6.04 Å². The number of amides is 1. The molecule has 3 rings (SSSR count). The van der Waals surface area contributed by atoms with Crippen molar-refractivity contribution < 1.29 is 9.53 Å². The third kappa shape index (κ3) is 3.17. The van der Waals surface area contributed by atoms with E-state index in [9.17, 15) is 9.59 Å². The zero-order valence-electron chi connectivity index (χ0n) is 14.5. The number of ether oxygens (including phenoxy) is 1. The van der Waals surface area contributed by atoms with Crippen LogP contribution in [0.4, 0.5) is 0 Å². The minimum absolute atomic E-state index is 0.215. The number of hydrogen-bond acceptors (Lipinski definition) is 5. The third-order valence-electron chi connectivity index (χ3n) is 4.19. The average Bonchev–Trinajstić information content (AvgIpc) is 3.00. The van der Waals surface area contributed by atoms with Gasteiger partial charge in [0.2, 0.25) is 5.91 Å². The lowest BCUT2D eigenvalue weighted by molar-refractivity contribution is -0.125. The molecule has 132 valence electrons. The van der Waals surface area contributed by atoms with Gasteiger partial charge in [-0.2, -0.15) is 5.10 Å². The van der Waals surface area contributed by atoms with Crippen molar-refractivity contribution in [2.75, 3.05) is 20.3 Å². The fourth-order valence-corrected chi connectivity index (χ4v) is 4.09. The number of fused-ring (bicyclic) bond motifs is 3. The molecule has 25 heavy (non-hydrogen) atoms. The predicted octanol–water partition coefficient (Wildman–Crippen LogP) is 2.63. The molecule has 1 N–H and O–H groups in total. The second-order valence-corrected chi connectivity index (χ2v) is 6.90. The van der Waals surface area contributed by atoms with Gasteiger partial charge in [0.25, 0.3) is 5.56 Å². The summed E-state index contributed by atoms with van der Waals surface area (Å²) in [4.78, 5) is 25.6. The molecule has 0 aliphatic rings. The van der Waals surface area contributed by atoms with E-state index in [1.165, 1.54) is 4.68 Å². The zero-order chi connectivity index (χ0) is 18.0. The van der Waals surface area contributed by atoms with Crippen molar-refractivity contribution in [1.82, 2.24) is 15.1 Å². The zero-order valence-corrected chi connectivity index (χ0v) is 15.4. The van der Waals surface area contributed by atoms with Crippen molar-refractivity contribution >= 4 is 37.4 Å². The van der Waals surface area contributed by atoms with Crippen LogP contribution in [0.1, 0.15) is 25.1 Å². The first-order valence-corrected chi connectivity index (χ1v) is 9.07. The lowest BCUT2D eigenvalue weighted by atomic mass is 10.1. The summed E-state index contributed by atoms with van der Waals surface area (Å²) in [6, 6.07) is 7.18. The molecule has 0 radical (unpaired) electrons. The lowest BCUT2D eigenvalue weighted by Gasteiger charge is -2.17. The molecule has 1 unspecified atom stereocenters. The van der Waals surface area contributed by atoms with E-state index in [-0.39, 0.29) is 11.5 Å². The second kappa shape index (κ2) is 7.33.